The Morgan fingerprint density at radius 1 is 0.771 bits per heavy atom. The van der Waals surface area contributed by atoms with Crippen molar-refractivity contribution in [3.8, 4) is 22.4 Å². The number of fused-ring (bicyclic) bond motifs is 1. The lowest BCUT2D eigenvalue weighted by Gasteiger charge is -2.14. The number of aromatic nitrogens is 2. The number of halogens is 1. The summed E-state index contributed by atoms with van der Waals surface area (Å²) in [6, 6.07) is 27.4. The minimum absolute atomic E-state index is 0.132. The summed E-state index contributed by atoms with van der Waals surface area (Å²) in [5, 5.41) is 0.604. The van der Waals surface area contributed by atoms with Gasteiger partial charge in [-0.3, -0.25) is 4.40 Å². The Morgan fingerprint density at radius 2 is 1.37 bits per heavy atom. The zero-order valence-electron chi connectivity index (χ0n) is 19.2. The second-order valence-electron chi connectivity index (χ2n) is 8.34. The zero-order valence-corrected chi connectivity index (χ0v) is 20.8. The molecule has 2 heterocycles. The van der Waals surface area contributed by atoms with Gasteiger partial charge in [-0.25, -0.2) is 4.98 Å². The van der Waals surface area contributed by atoms with Crippen molar-refractivity contribution in [2.24, 2.45) is 4.40 Å². The van der Waals surface area contributed by atoms with Gasteiger partial charge in [0.1, 0.15) is 5.65 Å². The summed E-state index contributed by atoms with van der Waals surface area (Å²) < 4.78 is 33.0. The summed E-state index contributed by atoms with van der Waals surface area (Å²) in [5.74, 6) is 0. The molecule has 0 saturated carbocycles. The molecule has 0 aliphatic heterocycles. The van der Waals surface area contributed by atoms with Crippen molar-refractivity contribution >= 4 is 27.3 Å². The first-order valence-corrected chi connectivity index (χ1v) is 12.9. The monoisotopic (exact) mass is 499 g/mol. The van der Waals surface area contributed by atoms with E-state index in [2.05, 4.69) is 4.40 Å². The minimum atomic E-state index is -4.01. The van der Waals surface area contributed by atoms with E-state index < -0.39 is 10.0 Å². The van der Waals surface area contributed by atoms with Gasteiger partial charge < -0.3 is 0 Å². The molecule has 35 heavy (non-hydrogen) atoms. The summed E-state index contributed by atoms with van der Waals surface area (Å²) in [7, 11) is -4.01. The van der Waals surface area contributed by atoms with Crippen LogP contribution in [0.4, 0.5) is 0 Å². The third-order valence-corrected chi connectivity index (χ3v) is 7.27. The molecule has 0 unspecified atom stereocenters. The van der Waals surface area contributed by atoms with Crippen molar-refractivity contribution in [3.63, 3.8) is 0 Å². The van der Waals surface area contributed by atoms with Gasteiger partial charge in [0.2, 0.25) is 0 Å². The first-order valence-electron chi connectivity index (χ1n) is 11.0. The predicted octanol–water partition coefficient (Wildman–Crippen LogP) is 6.23. The molecular formula is C28H22ClN3O2S. The highest BCUT2D eigenvalue weighted by molar-refractivity contribution is 7.90. The third kappa shape index (κ3) is 4.63. The molecule has 0 spiro atoms. The number of hydrogen-bond acceptors (Lipinski definition) is 3. The van der Waals surface area contributed by atoms with Crippen molar-refractivity contribution in [3.05, 3.63) is 119 Å². The van der Waals surface area contributed by atoms with E-state index in [9.17, 15) is 8.42 Å². The Hall–Kier alpha value is -3.74. The van der Waals surface area contributed by atoms with Gasteiger partial charge >= 0.3 is 0 Å². The lowest BCUT2D eigenvalue weighted by atomic mass is 9.99. The van der Waals surface area contributed by atoms with Crippen LogP contribution in [-0.4, -0.2) is 17.8 Å². The summed E-state index contributed by atoms with van der Waals surface area (Å²) >= 11 is 6.14. The molecule has 174 valence electrons. The lowest BCUT2D eigenvalue weighted by molar-refractivity contribution is 0.596. The molecule has 0 fully saturated rings. The first kappa shape index (κ1) is 23.0. The normalized spacial score (nSPS) is 12.3. The first-order chi connectivity index (χ1) is 16.8. The van der Waals surface area contributed by atoms with Crippen LogP contribution in [0.1, 0.15) is 11.1 Å². The van der Waals surface area contributed by atoms with Crippen LogP contribution < -0.4 is 5.49 Å². The molecule has 0 radical (unpaired) electrons. The molecule has 5 nitrogen and oxygen atoms in total. The highest BCUT2D eigenvalue weighted by Gasteiger charge is 2.19. The Labute approximate surface area is 209 Å². The molecule has 5 aromatic rings. The van der Waals surface area contributed by atoms with Crippen molar-refractivity contribution in [1.29, 1.82) is 0 Å². The Kier molecular flexibility index (Phi) is 6.01. The summed E-state index contributed by atoms with van der Waals surface area (Å²) in [4.78, 5) is 5.05. The number of sulfonamides is 1. The number of nitrogens with zero attached hydrogens (tertiary/aromatic N) is 3. The van der Waals surface area contributed by atoms with Crippen LogP contribution in [0.15, 0.2) is 106 Å². The number of rotatable bonds is 4. The maximum absolute atomic E-state index is 13.5. The summed E-state index contributed by atoms with van der Waals surface area (Å²) in [6.07, 6.45) is 1.77. The van der Waals surface area contributed by atoms with Gasteiger partial charge in [0.25, 0.3) is 10.0 Å². The van der Waals surface area contributed by atoms with Crippen LogP contribution in [0, 0.1) is 13.8 Å². The van der Waals surface area contributed by atoms with Crippen molar-refractivity contribution in [1.82, 2.24) is 9.38 Å². The van der Waals surface area contributed by atoms with Crippen LogP contribution in [0.5, 0.6) is 0 Å². The zero-order chi connectivity index (χ0) is 24.6. The van der Waals surface area contributed by atoms with Crippen LogP contribution in [-0.2, 0) is 10.0 Å². The van der Waals surface area contributed by atoms with Crippen LogP contribution in [0.25, 0.3) is 28.0 Å². The van der Waals surface area contributed by atoms with E-state index in [0.717, 1.165) is 22.3 Å². The van der Waals surface area contributed by atoms with Crippen LogP contribution >= 0.6 is 11.6 Å². The maximum Gasteiger partial charge on any atom is 0.284 e. The average Bonchev–Trinajstić information content (AvgIpc) is 2.85. The average molecular weight is 500 g/mol. The molecular weight excluding hydrogens is 478 g/mol. The van der Waals surface area contributed by atoms with Gasteiger partial charge in [-0.1, -0.05) is 77.3 Å². The SMILES string of the molecule is Cc1ccc(-c2c(-c3ccc(Cl)cc3)nc3ccccn3/c2=N\S(=O)(=O)c2ccc(C)cc2)cc1. The molecule has 0 amide bonds. The maximum atomic E-state index is 13.5. The second kappa shape index (κ2) is 9.13. The van der Waals surface area contributed by atoms with Gasteiger partial charge in [0.15, 0.2) is 5.49 Å². The highest BCUT2D eigenvalue weighted by atomic mass is 35.5. The highest BCUT2D eigenvalue weighted by Crippen LogP contribution is 2.30. The molecule has 0 N–H and O–H groups in total. The fraction of sp³-hybridized carbons (Fsp3) is 0.0714. The van der Waals surface area contributed by atoms with Gasteiger partial charge in [-0.05, 0) is 55.8 Å². The smallest absolute Gasteiger partial charge is 0.284 e. The fourth-order valence-electron chi connectivity index (χ4n) is 3.87. The van der Waals surface area contributed by atoms with E-state index in [4.69, 9.17) is 16.6 Å². The Balaban J connectivity index is 1.93. The number of hydrogen-bond donors (Lipinski definition) is 0. The van der Waals surface area contributed by atoms with E-state index >= 15 is 0 Å². The fourth-order valence-corrected chi connectivity index (χ4v) is 4.99. The van der Waals surface area contributed by atoms with Gasteiger partial charge in [0, 0.05) is 16.8 Å². The molecule has 2 aromatic heterocycles. The Bertz CT molecular complexity index is 1710. The molecule has 0 bridgehead atoms. The summed E-state index contributed by atoms with van der Waals surface area (Å²) in [5.41, 5.74) is 5.77. The quantitative estimate of drug-likeness (QED) is 0.294. The minimum Gasteiger partial charge on any atom is -0.285 e. The molecule has 0 atom stereocenters. The van der Waals surface area contributed by atoms with E-state index in [-0.39, 0.29) is 10.4 Å². The van der Waals surface area contributed by atoms with Crippen LogP contribution in [0.3, 0.4) is 0 Å². The van der Waals surface area contributed by atoms with Gasteiger partial charge in [0.05, 0.1) is 16.2 Å². The van der Waals surface area contributed by atoms with E-state index in [1.807, 2.05) is 68.4 Å². The van der Waals surface area contributed by atoms with Gasteiger partial charge in [-0.2, -0.15) is 8.42 Å². The van der Waals surface area contributed by atoms with Crippen molar-refractivity contribution < 1.29 is 8.42 Å². The lowest BCUT2D eigenvalue weighted by Crippen LogP contribution is -2.22. The van der Waals surface area contributed by atoms with E-state index in [1.165, 1.54) is 0 Å². The van der Waals surface area contributed by atoms with Crippen LogP contribution in [0.2, 0.25) is 5.02 Å². The molecule has 3 aromatic carbocycles. The standard InChI is InChI=1S/C28H22ClN3O2S/c1-19-6-10-21(11-7-19)26-27(22-12-14-23(29)15-13-22)30-25-5-3-4-18-32(25)28(26)31-35(33,34)24-16-8-20(2)9-17-24/h3-18H,1-2H3/b31-28-. The molecule has 0 aliphatic rings. The molecule has 5 rings (SSSR count). The number of pyridine rings is 1. The Morgan fingerprint density at radius 3 is 2.03 bits per heavy atom. The molecule has 0 saturated heterocycles. The van der Waals surface area contributed by atoms with Crippen molar-refractivity contribution in [2.75, 3.05) is 0 Å². The van der Waals surface area contributed by atoms with E-state index in [1.54, 1.807) is 47.0 Å². The summed E-state index contributed by atoms with van der Waals surface area (Å²) in [6.45, 7) is 3.91. The number of aryl methyl sites for hydroxylation is 2. The van der Waals surface area contributed by atoms with Gasteiger partial charge in [-0.15, -0.1) is 4.40 Å². The third-order valence-electron chi connectivity index (χ3n) is 5.74. The topological polar surface area (TPSA) is 63.8 Å². The van der Waals surface area contributed by atoms with E-state index in [0.29, 0.717) is 21.9 Å². The largest absolute Gasteiger partial charge is 0.285 e. The number of benzene rings is 3. The predicted molar refractivity (Wildman–Crippen MR) is 140 cm³/mol. The van der Waals surface area contributed by atoms with Crippen molar-refractivity contribution in [2.45, 2.75) is 18.7 Å². The second-order valence-corrected chi connectivity index (χ2v) is 10.4. The molecule has 7 heteroatoms. The molecule has 0 aliphatic carbocycles.